The molecule has 0 radical (unpaired) electrons. The highest BCUT2D eigenvalue weighted by Gasteiger charge is 2.32. The fourth-order valence-electron chi connectivity index (χ4n) is 3.86. The Bertz CT molecular complexity index is 876. The molecule has 26 heavy (non-hydrogen) atoms. The zero-order valence-electron chi connectivity index (χ0n) is 14.7. The van der Waals surface area contributed by atoms with Crippen molar-refractivity contribution in [1.82, 2.24) is 14.7 Å². The molecule has 7 heteroatoms. The van der Waals surface area contributed by atoms with E-state index < -0.39 is 0 Å². The summed E-state index contributed by atoms with van der Waals surface area (Å²) in [6.07, 6.45) is 4.02. The van der Waals surface area contributed by atoms with E-state index in [2.05, 4.69) is 5.10 Å². The number of anilines is 1. The van der Waals surface area contributed by atoms with Crippen molar-refractivity contribution in [3.05, 3.63) is 46.2 Å². The molecule has 2 amide bonds. The minimum Gasteiger partial charge on any atom is -0.326 e. The average Bonchev–Trinajstić information content (AvgIpc) is 2.96. The van der Waals surface area contributed by atoms with Crippen LogP contribution in [-0.4, -0.2) is 46.1 Å². The maximum Gasteiger partial charge on any atom is 0.272 e. The second-order valence-corrected chi connectivity index (χ2v) is 7.29. The number of nitrogens with zero attached hydrogens (tertiary/aromatic N) is 4. The lowest BCUT2D eigenvalue weighted by Crippen LogP contribution is -2.52. The Morgan fingerprint density at radius 2 is 2.00 bits per heavy atom. The van der Waals surface area contributed by atoms with Crippen molar-refractivity contribution in [2.45, 2.75) is 25.7 Å². The molecule has 1 aromatic carbocycles. The molecule has 1 aromatic heterocycles. The summed E-state index contributed by atoms with van der Waals surface area (Å²) >= 11 is 6.03. The van der Waals surface area contributed by atoms with Gasteiger partial charge in [0.05, 0.1) is 5.69 Å². The van der Waals surface area contributed by atoms with Crippen molar-refractivity contribution in [1.29, 1.82) is 0 Å². The Hall–Kier alpha value is -2.34. The summed E-state index contributed by atoms with van der Waals surface area (Å²) in [6.45, 7) is 1.04. The summed E-state index contributed by atoms with van der Waals surface area (Å²) in [7, 11) is 1.82. The predicted molar refractivity (Wildman–Crippen MR) is 99.6 cm³/mol. The van der Waals surface area contributed by atoms with Gasteiger partial charge in [-0.25, -0.2) is 0 Å². The van der Waals surface area contributed by atoms with Gasteiger partial charge in [-0.1, -0.05) is 17.7 Å². The highest BCUT2D eigenvalue weighted by Crippen LogP contribution is 2.26. The molecule has 1 aliphatic heterocycles. The van der Waals surface area contributed by atoms with Crippen molar-refractivity contribution in [3.8, 4) is 0 Å². The normalized spacial score (nSPS) is 17.4. The van der Waals surface area contributed by atoms with Crippen LogP contribution in [0.15, 0.2) is 24.3 Å². The standard InChI is InChI=1S/C19H21ClN4O2/c1-22-18(15-7-2-3-8-16(15)21-22)19(26)23-9-10-24(17(25)12-23)14-6-4-5-13(20)11-14/h4-6,11H,2-3,7-10,12H2,1H3. The minimum atomic E-state index is -0.0951. The Kier molecular flexibility index (Phi) is 4.44. The van der Waals surface area contributed by atoms with Gasteiger partial charge in [0.25, 0.3) is 5.91 Å². The second kappa shape index (κ2) is 6.76. The first-order valence-corrected chi connectivity index (χ1v) is 9.32. The van der Waals surface area contributed by atoms with E-state index in [9.17, 15) is 9.59 Å². The number of rotatable bonds is 2. The third kappa shape index (κ3) is 2.98. The summed E-state index contributed by atoms with van der Waals surface area (Å²) < 4.78 is 1.69. The number of aryl methyl sites for hydroxylation is 2. The van der Waals surface area contributed by atoms with E-state index in [0.29, 0.717) is 23.8 Å². The van der Waals surface area contributed by atoms with Crippen LogP contribution in [0, 0.1) is 0 Å². The molecule has 2 aliphatic rings. The average molecular weight is 373 g/mol. The summed E-state index contributed by atoms with van der Waals surface area (Å²) in [4.78, 5) is 29.0. The van der Waals surface area contributed by atoms with Crippen LogP contribution in [0.4, 0.5) is 5.69 Å². The molecule has 1 saturated heterocycles. The number of benzene rings is 1. The molecule has 0 spiro atoms. The number of carbonyl (C=O) groups excluding carboxylic acids is 2. The van der Waals surface area contributed by atoms with Crippen LogP contribution in [0.3, 0.4) is 0 Å². The first-order valence-electron chi connectivity index (χ1n) is 8.94. The second-order valence-electron chi connectivity index (χ2n) is 6.86. The lowest BCUT2D eigenvalue weighted by atomic mass is 9.95. The molecule has 4 rings (SSSR count). The maximum atomic E-state index is 13.1. The van der Waals surface area contributed by atoms with Gasteiger partial charge >= 0.3 is 0 Å². The van der Waals surface area contributed by atoms with Gasteiger partial charge in [0.2, 0.25) is 5.91 Å². The Morgan fingerprint density at radius 3 is 2.77 bits per heavy atom. The van der Waals surface area contributed by atoms with Gasteiger partial charge in [-0.15, -0.1) is 0 Å². The van der Waals surface area contributed by atoms with Crippen molar-refractivity contribution in [3.63, 3.8) is 0 Å². The zero-order valence-corrected chi connectivity index (χ0v) is 15.5. The zero-order chi connectivity index (χ0) is 18.3. The number of aromatic nitrogens is 2. The van der Waals surface area contributed by atoms with Gasteiger partial charge in [0.1, 0.15) is 12.2 Å². The highest BCUT2D eigenvalue weighted by atomic mass is 35.5. The van der Waals surface area contributed by atoms with Crippen LogP contribution in [0.2, 0.25) is 5.02 Å². The summed E-state index contributed by atoms with van der Waals surface area (Å²) in [5.41, 5.74) is 3.51. The van der Waals surface area contributed by atoms with Gasteiger partial charge in [-0.3, -0.25) is 14.3 Å². The first kappa shape index (κ1) is 17.1. The number of halogens is 1. The number of fused-ring (bicyclic) bond motifs is 1. The molecule has 6 nitrogen and oxygen atoms in total. The van der Waals surface area contributed by atoms with E-state index in [4.69, 9.17) is 11.6 Å². The molecule has 2 heterocycles. The van der Waals surface area contributed by atoms with Crippen LogP contribution < -0.4 is 4.90 Å². The fraction of sp³-hybridized carbons (Fsp3) is 0.421. The third-order valence-corrected chi connectivity index (χ3v) is 5.38. The third-order valence-electron chi connectivity index (χ3n) is 5.15. The van der Waals surface area contributed by atoms with Crippen LogP contribution in [0.5, 0.6) is 0 Å². The Morgan fingerprint density at radius 1 is 1.19 bits per heavy atom. The lowest BCUT2D eigenvalue weighted by Gasteiger charge is -2.34. The number of hydrogen-bond acceptors (Lipinski definition) is 3. The molecule has 0 atom stereocenters. The number of hydrogen-bond donors (Lipinski definition) is 0. The Balaban J connectivity index is 1.53. The topological polar surface area (TPSA) is 58.4 Å². The van der Waals surface area contributed by atoms with E-state index in [-0.39, 0.29) is 18.4 Å². The largest absolute Gasteiger partial charge is 0.326 e. The summed E-state index contributed by atoms with van der Waals surface area (Å²) in [6, 6.07) is 7.23. The SMILES string of the molecule is Cn1nc2c(c1C(=O)N1CCN(c3cccc(Cl)c3)C(=O)C1)CCCC2. The number of carbonyl (C=O) groups is 2. The van der Waals surface area contributed by atoms with E-state index in [1.54, 1.807) is 26.6 Å². The van der Waals surface area contributed by atoms with Crippen molar-refractivity contribution >= 4 is 29.1 Å². The molecule has 136 valence electrons. The van der Waals surface area contributed by atoms with Gasteiger partial charge in [0.15, 0.2) is 0 Å². The van der Waals surface area contributed by atoms with Crippen LogP contribution in [0.1, 0.15) is 34.6 Å². The minimum absolute atomic E-state index is 0.0747. The number of piperazine rings is 1. The Labute approximate surface area is 157 Å². The fourth-order valence-corrected chi connectivity index (χ4v) is 4.05. The molecular weight excluding hydrogens is 352 g/mol. The van der Waals surface area contributed by atoms with Gasteiger partial charge in [-0.05, 0) is 43.9 Å². The van der Waals surface area contributed by atoms with E-state index in [1.165, 1.54) is 0 Å². The van der Waals surface area contributed by atoms with Crippen molar-refractivity contribution in [2.24, 2.45) is 7.05 Å². The van der Waals surface area contributed by atoms with Crippen LogP contribution >= 0.6 is 11.6 Å². The molecule has 1 aliphatic carbocycles. The summed E-state index contributed by atoms with van der Waals surface area (Å²) in [5.74, 6) is -0.190. The molecule has 0 unspecified atom stereocenters. The van der Waals surface area contributed by atoms with Gasteiger partial charge in [-0.2, -0.15) is 5.10 Å². The number of amides is 2. The summed E-state index contributed by atoms with van der Waals surface area (Å²) in [5, 5.41) is 5.11. The molecule has 1 fully saturated rings. The molecule has 0 N–H and O–H groups in total. The maximum absolute atomic E-state index is 13.1. The monoisotopic (exact) mass is 372 g/mol. The molecular formula is C19H21ClN4O2. The van der Waals surface area contributed by atoms with Crippen LogP contribution in [-0.2, 0) is 24.7 Å². The van der Waals surface area contributed by atoms with E-state index in [1.807, 2.05) is 19.2 Å². The first-order chi connectivity index (χ1) is 12.5. The molecule has 0 bridgehead atoms. The predicted octanol–water partition coefficient (Wildman–Crippen LogP) is 2.44. The van der Waals surface area contributed by atoms with E-state index >= 15 is 0 Å². The van der Waals surface area contributed by atoms with Crippen molar-refractivity contribution < 1.29 is 9.59 Å². The molecule has 2 aromatic rings. The molecule has 0 saturated carbocycles. The highest BCUT2D eigenvalue weighted by molar-refractivity contribution is 6.30. The lowest BCUT2D eigenvalue weighted by molar-refractivity contribution is -0.120. The van der Waals surface area contributed by atoms with Crippen molar-refractivity contribution in [2.75, 3.05) is 24.5 Å². The van der Waals surface area contributed by atoms with Gasteiger partial charge in [0, 0.05) is 36.4 Å². The van der Waals surface area contributed by atoms with Gasteiger partial charge < -0.3 is 9.80 Å². The van der Waals surface area contributed by atoms with Crippen LogP contribution in [0.25, 0.3) is 0 Å². The van der Waals surface area contributed by atoms with E-state index in [0.717, 1.165) is 42.6 Å². The quantitative estimate of drug-likeness (QED) is 0.813. The smallest absolute Gasteiger partial charge is 0.272 e.